The molecule has 0 aliphatic rings. The van der Waals surface area contributed by atoms with E-state index in [9.17, 15) is 2.74 Å². The summed E-state index contributed by atoms with van der Waals surface area (Å²) in [6.45, 7) is 0. The van der Waals surface area contributed by atoms with E-state index >= 15 is 0 Å². The summed E-state index contributed by atoms with van der Waals surface area (Å²) >= 11 is 0. The van der Waals surface area contributed by atoms with Gasteiger partial charge in [0.15, 0.2) is 0 Å². The summed E-state index contributed by atoms with van der Waals surface area (Å²) in [7, 11) is 0. The van der Waals surface area contributed by atoms with Gasteiger partial charge in [-0.25, -0.2) is 0 Å². The lowest BCUT2D eigenvalue weighted by atomic mass is 9.97. The maximum atomic E-state index is 9.87. The van der Waals surface area contributed by atoms with Crippen molar-refractivity contribution in [2.75, 3.05) is 4.90 Å². The van der Waals surface area contributed by atoms with Crippen molar-refractivity contribution in [1.82, 2.24) is 0 Å². The molecule has 0 amide bonds. The van der Waals surface area contributed by atoms with Crippen LogP contribution < -0.4 is 4.90 Å². The zero-order valence-electron chi connectivity index (χ0n) is 30.9. The van der Waals surface area contributed by atoms with Gasteiger partial charge >= 0.3 is 0 Å². The molecule has 0 N–H and O–H groups in total. The molecular formula is C48H31NO. The molecule has 0 spiro atoms. The highest BCUT2D eigenvalue weighted by atomic mass is 16.3. The molecule has 0 aliphatic heterocycles. The number of hydrogen-bond acceptors (Lipinski definition) is 2. The zero-order valence-corrected chi connectivity index (χ0v) is 26.9. The molecule has 0 saturated heterocycles. The second-order valence-corrected chi connectivity index (χ2v) is 12.6. The lowest BCUT2D eigenvalue weighted by molar-refractivity contribution is 0.672. The Morgan fingerprint density at radius 3 is 2.00 bits per heavy atom. The van der Waals surface area contributed by atoms with Crippen LogP contribution in [0.25, 0.3) is 76.5 Å². The minimum absolute atomic E-state index is 0.00575. The SMILES string of the molecule is [2H]c1c([2H])c(-c2cccc3ccccc23)c([2H])c(N(c2ccc(-c3ccc4ccccc4c3)cc2)c2cccc3oc4c5ccccc5ccc4c23)c1[2H]. The summed E-state index contributed by atoms with van der Waals surface area (Å²) in [5.74, 6) is 0. The molecule has 0 fully saturated rings. The van der Waals surface area contributed by atoms with Crippen molar-refractivity contribution in [2.24, 2.45) is 0 Å². The third-order valence-electron chi connectivity index (χ3n) is 9.71. The molecule has 0 unspecified atom stereocenters. The summed E-state index contributed by atoms with van der Waals surface area (Å²) in [6.07, 6.45) is 0. The molecule has 50 heavy (non-hydrogen) atoms. The van der Waals surface area contributed by atoms with Crippen LogP contribution in [0.2, 0.25) is 0 Å². The van der Waals surface area contributed by atoms with E-state index in [1.54, 1.807) is 0 Å². The van der Waals surface area contributed by atoms with Crippen LogP contribution in [0.5, 0.6) is 0 Å². The average molecular weight is 642 g/mol. The molecule has 2 heteroatoms. The first-order valence-corrected chi connectivity index (χ1v) is 16.8. The van der Waals surface area contributed by atoms with Crippen molar-refractivity contribution >= 4 is 71.3 Å². The Morgan fingerprint density at radius 2 is 1.14 bits per heavy atom. The van der Waals surface area contributed by atoms with Crippen molar-refractivity contribution in [1.29, 1.82) is 0 Å². The van der Waals surface area contributed by atoms with Crippen molar-refractivity contribution in [3.63, 3.8) is 0 Å². The minimum atomic E-state index is -0.239. The maximum absolute atomic E-state index is 9.87. The highest BCUT2D eigenvalue weighted by Gasteiger charge is 2.21. The van der Waals surface area contributed by atoms with Crippen LogP contribution >= 0.6 is 0 Å². The number of fused-ring (bicyclic) bond motifs is 7. The second-order valence-electron chi connectivity index (χ2n) is 12.6. The van der Waals surface area contributed by atoms with Crippen LogP contribution in [0.1, 0.15) is 5.48 Å². The van der Waals surface area contributed by atoms with Crippen LogP contribution in [0, 0.1) is 0 Å². The molecule has 0 bridgehead atoms. The summed E-state index contributed by atoms with van der Waals surface area (Å²) in [4.78, 5) is 1.91. The van der Waals surface area contributed by atoms with E-state index in [0.29, 0.717) is 28.1 Å². The number of anilines is 3. The van der Waals surface area contributed by atoms with E-state index in [1.807, 2.05) is 102 Å². The molecule has 0 atom stereocenters. The fraction of sp³-hybridized carbons (Fsp3) is 0. The lowest BCUT2D eigenvalue weighted by Gasteiger charge is -2.27. The number of nitrogens with zero attached hydrogens (tertiary/aromatic N) is 1. The van der Waals surface area contributed by atoms with Gasteiger partial charge in [0.2, 0.25) is 0 Å². The van der Waals surface area contributed by atoms with Gasteiger partial charge in [0.1, 0.15) is 11.2 Å². The van der Waals surface area contributed by atoms with Crippen LogP contribution in [0.4, 0.5) is 17.1 Å². The molecule has 9 aromatic carbocycles. The Balaban J connectivity index is 1.25. The maximum Gasteiger partial charge on any atom is 0.143 e. The van der Waals surface area contributed by atoms with Crippen LogP contribution in [0.3, 0.4) is 0 Å². The molecule has 1 heterocycles. The fourth-order valence-corrected chi connectivity index (χ4v) is 7.31. The highest BCUT2D eigenvalue weighted by molar-refractivity contribution is 6.19. The van der Waals surface area contributed by atoms with E-state index in [1.165, 1.54) is 5.39 Å². The van der Waals surface area contributed by atoms with Gasteiger partial charge in [0, 0.05) is 22.1 Å². The molecule has 0 aliphatic carbocycles. The highest BCUT2D eigenvalue weighted by Crippen LogP contribution is 2.45. The smallest absolute Gasteiger partial charge is 0.143 e. The van der Waals surface area contributed by atoms with Crippen LogP contribution in [-0.2, 0) is 0 Å². The Kier molecular flexibility index (Phi) is 5.64. The predicted octanol–water partition coefficient (Wildman–Crippen LogP) is 13.8. The van der Waals surface area contributed by atoms with Crippen LogP contribution in [0.15, 0.2) is 192 Å². The van der Waals surface area contributed by atoms with Gasteiger partial charge in [-0.2, -0.15) is 0 Å². The van der Waals surface area contributed by atoms with Gasteiger partial charge in [-0.05, 0) is 97.7 Å². The molecule has 0 saturated carbocycles. The van der Waals surface area contributed by atoms with E-state index in [0.717, 1.165) is 54.4 Å². The second kappa shape index (κ2) is 11.5. The Morgan fingerprint density at radius 1 is 0.460 bits per heavy atom. The normalized spacial score (nSPS) is 12.7. The van der Waals surface area contributed by atoms with E-state index < -0.39 is 0 Å². The van der Waals surface area contributed by atoms with Crippen LogP contribution in [-0.4, -0.2) is 0 Å². The summed E-state index contributed by atoms with van der Waals surface area (Å²) in [5.41, 5.74) is 6.19. The monoisotopic (exact) mass is 641 g/mol. The van der Waals surface area contributed by atoms with Gasteiger partial charge < -0.3 is 9.32 Å². The van der Waals surface area contributed by atoms with E-state index in [2.05, 4.69) is 66.7 Å². The van der Waals surface area contributed by atoms with Crippen molar-refractivity contribution in [2.45, 2.75) is 0 Å². The summed E-state index contributed by atoms with van der Waals surface area (Å²) < 4.78 is 44.2. The fourth-order valence-electron chi connectivity index (χ4n) is 7.31. The van der Waals surface area contributed by atoms with E-state index in [-0.39, 0.29) is 29.9 Å². The predicted molar refractivity (Wildman–Crippen MR) is 212 cm³/mol. The van der Waals surface area contributed by atoms with Gasteiger partial charge in [0.05, 0.1) is 16.6 Å². The Bertz CT molecular complexity index is 3110. The third kappa shape index (κ3) is 4.65. The number of hydrogen-bond donors (Lipinski definition) is 0. The molecular weight excluding hydrogens is 607 g/mol. The first-order valence-electron chi connectivity index (χ1n) is 18.8. The standard InChI is InChI=1S/C48H31NO/c1-2-13-36-30-37(23-22-32(36)10-1)33-24-27-39(28-25-33)49(40-16-7-15-38(31-40)42-19-8-14-34-11-3-5-17-41(34)42)45-20-9-21-46-47(45)44-29-26-35-12-4-6-18-43(35)48(44)50-46/h1-31H/i7D,15D,16D,31D. The summed E-state index contributed by atoms with van der Waals surface area (Å²) in [6, 6.07) is 54.2. The van der Waals surface area contributed by atoms with Crippen molar-refractivity contribution in [3.8, 4) is 22.3 Å². The molecule has 0 radical (unpaired) electrons. The first kappa shape index (κ1) is 24.5. The number of furan rings is 1. The molecule has 234 valence electrons. The number of rotatable bonds is 5. The number of benzene rings is 9. The third-order valence-corrected chi connectivity index (χ3v) is 9.71. The minimum Gasteiger partial charge on any atom is -0.455 e. The van der Waals surface area contributed by atoms with E-state index in [4.69, 9.17) is 7.16 Å². The molecule has 10 aromatic rings. The topological polar surface area (TPSA) is 16.4 Å². The average Bonchev–Trinajstić information content (AvgIpc) is 3.62. The molecule has 1 aromatic heterocycles. The lowest BCUT2D eigenvalue weighted by Crippen LogP contribution is -2.10. The van der Waals surface area contributed by atoms with Gasteiger partial charge in [-0.15, -0.1) is 0 Å². The van der Waals surface area contributed by atoms with Gasteiger partial charge in [-0.3, -0.25) is 0 Å². The van der Waals surface area contributed by atoms with Crippen molar-refractivity contribution in [3.05, 3.63) is 188 Å². The molecule has 10 rings (SSSR count). The van der Waals surface area contributed by atoms with Gasteiger partial charge in [0.25, 0.3) is 0 Å². The van der Waals surface area contributed by atoms with Gasteiger partial charge in [-0.1, -0.05) is 139 Å². The first-order chi connectivity index (χ1) is 26.5. The quantitative estimate of drug-likeness (QED) is 0.186. The zero-order chi connectivity index (χ0) is 36.5. The Hall–Kier alpha value is -6.64. The Labute approximate surface area is 295 Å². The summed E-state index contributed by atoms with van der Waals surface area (Å²) in [5, 5.41) is 8.00. The largest absolute Gasteiger partial charge is 0.455 e. The van der Waals surface area contributed by atoms with Crippen molar-refractivity contribution < 1.29 is 9.90 Å². The molecule has 2 nitrogen and oxygen atoms in total.